The topological polar surface area (TPSA) is 70.6 Å². The SMILES string of the molecule is CC(C)(C)c1ccc(OCCCNC(=O)NCCO)c(Br)c1. The number of rotatable bonds is 7. The molecule has 3 N–H and O–H groups in total. The fraction of sp³-hybridized carbons (Fsp3) is 0.562. The number of aliphatic hydroxyl groups is 1. The van der Waals surface area contributed by atoms with Gasteiger partial charge in [-0.2, -0.15) is 0 Å². The van der Waals surface area contributed by atoms with Gasteiger partial charge in [0, 0.05) is 13.1 Å². The second-order valence-electron chi connectivity index (χ2n) is 6.00. The third-order valence-electron chi connectivity index (χ3n) is 3.06. The average Bonchev–Trinajstić information content (AvgIpc) is 2.45. The van der Waals surface area contributed by atoms with E-state index in [1.807, 2.05) is 6.07 Å². The van der Waals surface area contributed by atoms with Crippen LogP contribution < -0.4 is 15.4 Å². The van der Waals surface area contributed by atoms with Crippen LogP contribution in [-0.4, -0.2) is 37.4 Å². The first-order chi connectivity index (χ1) is 10.3. The Balaban J connectivity index is 2.32. The standard InChI is InChI=1S/C16H25BrN2O3/c1-16(2,3)12-5-6-14(13(17)11-12)22-10-4-7-18-15(21)19-8-9-20/h5-6,11,20H,4,7-10H2,1-3H3,(H2,18,19,21). The van der Waals surface area contributed by atoms with Gasteiger partial charge in [0.2, 0.25) is 0 Å². The van der Waals surface area contributed by atoms with Crippen molar-refractivity contribution in [3.8, 4) is 5.75 Å². The summed E-state index contributed by atoms with van der Waals surface area (Å²) in [4.78, 5) is 11.2. The van der Waals surface area contributed by atoms with E-state index >= 15 is 0 Å². The van der Waals surface area contributed by atoms with E-state index in [-0.39, 0.29) is 24.6 Å². The van der Waals surface area contributed by atoms with Crippen LogP contribution in [0.4, 0.5) is 4.79 Å². The molecular weight excluding hydrogens is 348 g/mol. The van der Waals surface area contributed by atoms with Gasteiger partial charge in [-0.1, -0.05) is 26.8 Å². The molecule has 0 radical (unpaired) electrons. The lowest BCUT2D eigenvalue weighted by Crippen LogP contribution is -2.37. The highest BCUT2D eigenvalue weighted by Gasteiger charge is 2.15. The molecule has 0 bridgehead atoms. The first kappa shape index (κ1) is 18.8. The lowest BCUT2D eigenvalue weighted by molar-refractivity contribution is 0.232. The van der Waals surface area contributed by atoms with Crippen LogP contribution in [0, 0.1) is 0 Å². The number of hydrogen-bond donors (Lipinski definition) is 3. The first-order valence-corrected chi connectivity index (χ1v) is 8.19. The molecule has 0 spiro atoms. The van der Waals surface area contributed by atoms with Gasteiger partial charge in [0.25, 0.3) is 0 Å². The molecule has 6 heteroatoms. The predicted octanol–water partition coefficient (Wildman–Crippen LogP) is 2.81. The number of carbonyl (C=O) groups is 1. The molecule has 0 saturated carbocycles. The van der Waals surface area contributed by atoms with E-state index in [4.69, 9.17) is 9.84 Å². The second kappa shape index (κ2) is 9.00. The molecule has 0 aromatic heterocycles. The monoisotopic (exact) mass is 372 g/mol. The first-order valence-electron chi connectivity index (χ1n) is 7.40. The quantitative estimate of drug-likeness (QED) is 0.644. The number of aliphatic hydroxyl groups excluding tert-OH is 1. The Morgan fingerprint density at radius 3 is 2.55 bits per heavy atom. The van der Waals surface area contributed by atoms with Crippen molar-refractivity contribution in [3.05, 3.63) is 28.2 Å². The lowest BCUT2D eigenvalue weighted by Gasteiger charge is -2.20. The Labute approximate surface area is 140 Å². The van der Waals surface area contributed by atoms with Crippen LogP contribution in [0.15, 0.2) is 22.7 Å². The van der Waals surface area contributed by atoms with Gasteiger partial charge in [0.05, 0.1) is 17.7 Å². The van der Waals surface area contributed by atoms with E-state index in [2.05, 4.69) is 59.5 Å². The van der Waals surface area contributed by atoms with Crippen molar-refractivity contribution in [1.29, 1.82) is 0 Å². The summed E-state index contributed by atoms with van der Waals surface area (Å²) in [6.45, 7) is 7.75. The van der Waals surface area contributed by atoms with E-state index in [1.165, 1.54) is 5.56 Å². The lowest BCUT2D eigenvalue weighted by atomic mass is 9.87. The fourth-order valence-electron chi connectivity index (χ4n) is 1.77. The van der Waals surface area contributed by atoms with Gasteiger partial charge >= 0.3 is 6.03 Å². The molecule has 0 heterocycles. The maximum Gasteiger partial charge on any atom is 0.314 e. The highest BCUT2D eigenvalue weighted by molar-refractivity contribution is 9.10. The molecule has 1 rings (SSSR count). The normalized spacial score (nSPS) is 11.1. The summed E-state index contributed by atoms with van der Waals surface area (Å²) in [7, 11) is 0. The summed E-state index contributed by atoms with van der Waals surface area (Å²) >= 11 is 3.53. The number of ether oxygens (including phenoxy) is 1. The van der Waals surface area contributed by atoms with Crippen LogP contribution in [0.3, 0.4) is 0 Å². The van der Waals surface area contributed by atoms with E-state index in [0.717, 1.165) is 10.2 Å². The summed E-state index contributed by atoms with van der Waals surface area (Å²) in [6.07, 6.45) is 0.708. The zero-order valence-electron chi connectivity index (χ0n) is 13.4. The number of carbonyl (C=O) groups excluding carboxylic acids is 1. The Hall–Kier alpha value is -1.27. The Morgan fingerprint density at radius 1 is 1.27 bits per heavy atom. The fourth-order valence-corrected chi connectivity index (χ4v) is 2.27. The molecule has 0 unspecified atom stereocenters. The Bertz CT molecular complexity index is 487. The van der Waals surface area contributed by atoms with Crippen molar-refractivity contribution in [3.63, 3.8) is 0 Å². The highest BCUT2D eigenvalue weighted by Crippen LogP contribution is 2.31. The molecule has 0 aliphatic carbocycles. The molecule has 0 aliphatic heterocycles. The van der Waals surface area contributed by atoms with Gasteiger partial charge < -0.3 is 20.5 Å². The van der Waals surface area contributed by atoms with Crippen LogP contribution >= 0.6 is 15.9 Å². The molecule has 2 amide bonds. The molecule has 0 saturated heterocycles. The van der Waals surface area contributed by atoms with Crippen LogP contribution in [0.25, 0.3) is 0 Å². The van der Waals surface area contributed by atoms with Crippen LogP contribution in [0.2, 0.25) is 0 Å². The van der Waals surface area contributed by atoms with E-state index in [1.54, 1.807) is 0 Å². The van der Waals surface area contributed by atoms with Crippen molar-refractivity contribution in [2.24, 2.45) is 0 Å². The highest BCUT2D eigenvalue weighted by atomic mass is 79.9. The second-order valence-corrected chi connectivity index (χ2v) is 6.86. The minimum absolute atomic E-state index is 0.0604. The number of benzene rings is 1. The van der Waals surface area contributed by atoms with Crippen molar-refractivity contribution in [2.75, 3.05) is 26.3 Å². The van der Waals surface area contributed by atoms with Crippen molar-refractivity contribution >= 4 is 22.0 Å². The van der Waals surface area contributed by atoms with Gasteiger partial charge in [0.1, 0.15) is 5.75 Å². The third kappa shape index (κ3) is 6.66. The molecule has 124 valence electrons. The zero-order chi connectivity index (χ0) is 16.6. The molecule has 1 aromatic carbocycles. The van der Waals surface area contributed by atoms with Crippen LogP contribution in [-0.2, 0) is 5.41 Å². The van der Waals surface area contributed by atoms with Gasteiger partial charge in [-0.25, -0.2) is 4.79 Å². The number of nitrogens with one attached hydrogen (secondary N) is 2. The summed E-state index contributed by atoms with van der Waals surface area (Å²) in [5, 5.41) is 13.8. The van der Waals surface area contributed by atoms with Crippen LogP contribution in [0.1, 0.15) is 32.8 Å². The number of amides is 2. The molecule has 5 nitrogen and oxygen atoms in total. The predicted molar refractivity (Wildman–Crippen MR) is 91.4 cm³/mol. The van der Waals surface area contributed by atoms with Gasteiger partial charge in [-0.3, -0.25) is 0 Å². The van der Waals surface area contributed by atoms with Gasteiger partial charge in [-0.15, -0.1) is 0 Å². The molecule has 0 fully saturated rings. The van der Waals surface area contributed by atoms with Crippen molar-refractivity contribution in [1.82, 2.24) is 10.6 Å². The molecule has 1 aromatic rings. The molecule has 0 atom stereocenters. The summed E-state index contributed by atoms with van der Waals surface area (Å²) in [5.74, 6) is 0.803. The smallest absolute Gasteiger partial charge is 0.314 e. The summed E-state index contributed by atoms with van der Waals surface area (Å²) < 4.78 is 6.65. The average molecular weight is 373 g/mol. The molecular formula is C16H25BrN2O3. The number of hydrogen-bond acceptors (Lipinski definition) is 3. The molecule has 22 heavy (non-hydrogen) atoms. The number of urea groups is 1. The summed E-state index contributed by atoms with van der Waals surface area (Å²) in [5.41, 5.74) is 1.35. The van der Waals surface area contributed by atoms with E-state index in [0.29, 0.717) is 19.6 Å². The van der Waals surface area contributed by atoms with Crippen LogP contribution in [0.5, 0.6) is 5.75 Å². The maximum absolute atomic E-state index is 11.2. The Morgan fingerprint density at radius 2 is 1.95 bits per heavy atom. The minimum Gasteiger partial charge on any atom is -0.492 e. The van der Waals surface area contributed by atoms with E-state index < -0.39 is 0 Å². The Kier molecular flexibility index (Phi) is 7.68. The third-order valence-corrected chi connectivity index (χ3v) is 3.68. The minimum atomic E-state index is -0.273. The van der Waals surface area contributed by atoms with Crippen molar-refractivity contribution in [2.45, 2.75) is 32.6 Å². The summed E-state index contributed by atoms with van der Waals surface area (Å²) in [6, 6.07) is 5.84. The van der Waals surface area contributed by atoms with E-state index in [9.17, 15) is 4.79 Å². The van der Waals surface area contributed by atoms with Crippen molar-refractivity contribution < 1.29 is 14.6 Å². The van der Waals surface area contributed by atoms with Gasteiger partial charge in [0.15, 0.2) is 0 Å². The zero-order valence-corrected chi connectivity index (χ0v) is 15.0. The van der Waals surface area contributed by atoms with Gasteiger partial charge in [-0.05, 0) is 45.5 Å². The number of halogens is 1. The maximum atomic E-state index is 11.2. The largest absolute Gasteiger partial charge is 0.492 e. The molecule has 0 aliphatic rings.